The van der Waals surface area contributed by atoms with Crippen LogP contribution in [0.15, 0.2) is 59.5 Å². The van der Waals surface area contributed by atoms with Crippen LogP contribution in [0.2, 0.25) is 0 Å². The van der Waals surface area contributed by atoms with E-state index in [1.165, 1.54) is 0 Å². The molecule has 5 nitrogen and oxygen atoms in total. The highest BCUT2D eigenvalue weighted by Crippen LogP contribution is 2.23. The monoisotopic (exact) mass is 358 g/mol. The van der Waals surface area contributed by atoms with Gasteiger partial charge in [-0.25, -0.2) is 13.1 Å². The maximum absolute atomic E-state index is 12.7. The summed E-state index contributed by atoms with van der Waals surface area (Å²) >= 11 is 0. The fraction of sp³-hybridized carbons (Fsp3) is 0.316. The van der Waals surface area contributed by atoms with Crippen LogP contribution in [0.3, 0.4) is 0 Å². The van der Waals surface area contributed by atoms with Gasteiger partial charge in [0.2, 0.25) is 15.9 Å². The molecule has 1 saturated carbocycles. The summed E-state index contributed by atoms with van der Waals surface area (Å²) in [5.41, 5.74) is 1.76. The van der Waals surface area contributed by atoms with Crippen LogP contribution >= 0.6 is 0 Å². The fourth-order valence-electron chi connectivity index (χ4n) is 2.59. The summed E-state index contributed by atoms with van der Waals surface area (Å²) < 4.78 is 28.1. The Labute approximate surface area is 148 Å². The summed E-state index contributed by atoms with van der Waals surface area (Å²) in [6.45, 7) is 1.90. The van der Waals surface area contributed by atoms with Crippen LogP contribution in [-0.2, 0) is 14.8 Å². The molecule has 3 rings (SSSR count). The average Bonchev–Trinajstić information content (AvgIpc) is 3.39. The molecule has 6 heteroatoms. The van der Waals surface area contributed by atoms with E-state index in [1.807, 2.05) is 37.3 Å². The number of nitrogens with one attached hydrogen (secondary N) is 2. The summed E-state index contributed by atoms with van der Waals surface area (Å²) in [6, 6.07) is 15.5. The third-order valence-corrected chi connectivity index (χ3v) is 5.65. The van der Waals surface area contributed by atoms with Gasteiger partial charge >= 0.3 is 0 Å². The molecule has 0 heterocycles. The second-order valence-corrected chi connectivity index (χ2v) is 8.16. The van der Waals surface area contributed by atoms with Gasteiger partial charge in [-0.1, -0.05) is 48.0 Å². The molecule has 1 fully saturated rings. The van der Waals surface area contributed by atoms with Gasteiger partial charge in [-0.05, 0) is 37.5 Å². The molecule has 0 aliphatic heterocycles. The van der Waals surface area contributed by atoms with Crippen LogP contribution in [0.5, 0.6) is 0 Å². The molecular formula is C19H22N2O3S. The van der Waals surface area contributed by atoms with Crippen molar-refractivity contribution in [3.63, 3.8) is 0 Å². The SMILES string of the molecule is Cc1ccc(S(=O)(=O)NC(CC(=O)NC2CC2)c2ccccc2)cc1. The van der Waals surface area contributed by atoms with Crippen molar-refractivity contribution in [2.45, 2.75) is 43.2 Å². The van der Waals surface area contributed by atoms with Crippen molar-refractivity contribution in [1.82, 2.24) is 10.0 Å². The molecule has 1 atom stereocenters. The van der Waals surface area contributed by atoms with Crippen molar-refractivity contribution in [2.24, 2.45) is 0 Å². The summed E-state index contributed by atoms with van der Waals surface area (Å²) in [5.74, 6) is -0.136. The highest BCUT2D eigenvalue weighted by molar-refractivity contribution is 7.89. The van der Waals surface area contributed by atoms with E-state index in [9.17, 15) is 13.2 Å². The number of amides is 1. The maximum atomic E-state index is 12.7. The summed E-state index contributed by atoms with van der Waals surface area (Å²) in [6.07, 6.45) is 2.07. The van der Waals surface area contributed by atoms with Gasteiger partial charge in [-0.2, -0.15) is 0 Å². The molecule has 0 aromatic heterocycles. The van der Waals surface area contributed by atoms with Gasteiger partial charge in [0.05, 0.1) is 10.9 Å². The Balaban J connectivity index is 1.80. The van der Waals surface area contributed by atoms with E-state index in [-0.39, 0.29) is 23.3 Å². The topological polar surface area (TPSA) is 75.3 Å². The number of carbonyl (C=O) groups is 1. The van der Waals surface area contributed by atoms with Gasteiger partial charge < -0.3 is 5.32 Å². The van der Waals surface area contributed by atoms with Crippen LogP contribution in [0.1, 0.15) is 36.4 Å². The van der Waals surface area contributed by atoms with Crippen LogP contribution in [-0.4, -0.2) is 20.4 Å². The lowest BCUT2D eigenvalue weighted by molar-refractivity contribution is -0.121. The molecule has 0 spiro atoms. The van der Waals surface area contributed by atoms with Gasteiger partial charge in [0.25, 0.3) is 0 Å². The van der Waals surface area contributed by atoms with Crippen molar-refractivity contribution in [3.05, 3.63) is 65.7 Å². The summed E-state index contributed by atoms with van der Waals surface area (Å²) in [5, 5.41) is 2.91. The molecule has 1 aliphatic carbocycles. The molecule has 1 unspecified atom stereocenters. The van der Waals surface area contributed by atoms with Gasteiger partial charge in [-0.15, -0.1) is 0 Å². The maximum Gasteiger partial charge on any atom is 0.241 e. The molecule has 1 amide bonds. The molecule has 2 aromatic rings. The van der Waals surface area contributed by atoms with Gasteiger partial charge in [0.15, 0.2) is 0 Å². The first kappa shape index (κ1) is 17.6. The Morgan fingerprint density at radius 2 is 1.72 bits per heavy atom. The molecule has 2 N–H and O–H groups in total. The number of aryl methyl sites for hydroxylation is 1. The Morgan fingerprint density at radius 1 is 1.08 bits per heavy atom. The van der Waals surface area contributed by atoms with Crippen molar-refractivity contribution in [2.75, 3.05) is 0 Å². The Morgan fingerprint density at radius 3 is 2.32 bits per heavy atom. The van der Waals surface area contributed by atoms with E-state index >= 15 is 0 Å². The number of carbonyl (C=O) groups excluding carboxylic acids is 1. The second-order valence-electron chi connectivity index (χ2n) is 6.44. The first-order chi connectivity index (χ1) is 11.9. The van der Waals surface area contributed by atoms with E-state index in [0.717, 1.165) is 24.0 Å². The molecule has 0 saturated heterocycles. The van der Waals surface area contributed by atoms with E-state index in [0.29, 0.717) is 0 Å². The lowest BCUT2D eigenvalue weighted by atomic mass is 10.0. The minimum atomic E-state index is -3.71. The first-order valence-corrected chi connectivity index (χ1v) is 9.86. The number of sulfonamides is 1. The van der Waals surface area contributed by atoms with Gasteiger partial charge in [-0.3, -0.25) is 4.79 Å². The fourth-order valence-corrected chi connectivity index (χ4v) is 3.81. The molecule has 1 aliphatic rings. The van der Waals surface area contributed by atoms with E-state index in [2.05, 4.69) is 10.0 Å². The predicted octanol–water partition coefficient (Wildman–Crippen LogP) is 2.68. The van der Waals surface area contributed by atoms with E-state index < -0.39 is 16.1 Å². The lowest BCUT2D eigenvalue weighted by Gasteiger charge is -2.19. The smallest absolute Gasteiger partial charge is 0.241 e. The number of hydrogen-bond acceptors (Lipinski definition) is 3. The van der Waals surface area contributed by atoms with E-state index in [1.54, 1.807) is 24.3 Å². The number of benzene rings is 2. The molecule has 25 heavy (non-hydrogen) atoms. The molecule has 132 valence electrons. The average molecular weight is 358 g/mol. The van der Waals surface area contributed by atoms with Crippen molar-refractivity contribution >= 4 is 15.9 Å². The normalized spacial score (nSPS) is 15.6. The molecule has 0 bridgehead atoms. The Kier molecular flexibility index (Phi) is 5.20. The van der Waals surface area contributed by atoms with Crippen molar-refractivity contribution < 1.29 is 13.2 Å². The molecule has 2 aromatic carbocycles. The standard InChI is InChI=1S/C19H22N2O3S/c1-14-7-11-17(12-8-14)25(23,24)21-18(15-5-3-2-4-6-15)13-19(22)20-16-9-10-16/h2-8,11-12,16,18,21H,9-10,13H2,1H3,(H,20,22). The summed E-state index contributed by atoms with van der Waals surface area (Å²) in [4.78, 5) is 12.4. The highest BCUT2D eigenvalue weighted by Gasteiger charge is 2.27. The van der Waals surface area contributed by atoms with Crippen LogP contribution in [0.4, 0.5) is 0 Å². The highest BCUT2D eigenvalue weighted by atomic mass is 32.2. The van der Waals surface area contributed by atoms with Gasteiger partial charge in [0.1, 0.15) is 0 Å². The van der Waals surface area contributed by atoms with Crippen LogP contribution < -0.4 is 10.0 Å². The number of hydrogen-bond donors (Lipinski definition) is 2. The largest absolute Gasteiger partial charge is 0.353 e. The van der Waals surface area contributed by atoms with Crippen LogP contribution in [0, 0.1) is 6.92 Å². The first-order valence-electron chi connectivity index (χ1n) is 8.37. The zero-order valence-corrected chi connectivity index (χ0v) is 14.9. The number of rotatable bonds is 7. The van der Waals surface area contributed by atoms with Crippen LogP contribution in [0.25, 0.3) is 0 Å². The quantitative estimate of drug-likeness (QED) is 0.799. The zero-order valence-electron chi connectivity index (χ0n) is 14.1. The minimum Gasteiger partial charge on any atom is -0.353 e. The van der Waals surface area contributed by atoms with Crippen molar-refractivity contribution in [3.8, 4) is 0 Å². The van der Waals surface area contributed by atoms with E-state index in [4.69, 9.17) is 0 Å². The summed E-state index contributed by atoms with van der Waals surface area (Å²) in [7, 11) is -3.71. The Bertz CT molecular complexity index is 829. The zero-order chi connectivity index (χ0) is 17.9. The predicted molar refractivity (Wildman–Crippen MR) is 96.5 cm³/mol. The molecule has 0 radical (unpaired) electrons. The second kappa shape index (κ2) is 7.37. The van der Waals surface area contributed by atoms with Crippen molar-refractivity contribution in [1.29, 1.82) is 0 Å². The third-order valence-electron chi connectivity index (χ3n) is 4.16. The minimum absolute atomic E-state index is 0.0750. The van der Waals surface area contributed by atoms with Gasteiger partial charge in [0, 0.05) is 12.5 Å². The molecular weight excluding hydrogens is 336 g/mol. The third kappa shape index (κ3) is 4.90. The lowest BCUT2D eigenvalue weighted by Crippen LogP contribution is -2.34. The Hall–Kier alpha value is -2.18.